The van der Waals surface area contributed by atoms with Gasteiger partial charge in [0.05, 0.1) is 18.2 Å². The van der Waals surface area contributed by atoms with Crippen molar-refractivity contribution in [2.75, 3.05) is 23.8 Å². The molecule has 8 nitrogen and oxygen atoms in total. The van der Waals surface area contributed by atoms with Crippen LogP contribution in [-0.4, -0.2) is 38.3 Å². The molecule has 1 heterocycles. The fourth-order valence-electron chi connectivity index (χ4n) is 2.82. The number of aryl methyl sites for hydroxylation is 2. The van der Waals surface area contributed by atoms with Gasteiger partial charge >= 0.3 is 0 Å². The number of amides is 1. The molecule has 0 saturated carbocycles. The molecule has 29 heavy (non-hydrogen) atoms. The molecular weight excluding hydrogens is 392 g/mol. The largest absolute Gasteiger partial charge is 0.497 e. The first kappa shape index (κ1) is 20.4. The van der Waals surface area contributed by atoms with E-state index in [1.54, 1.807) is 50.6 Å². The molecule has 2 aromatic carbocycles. The Balaban J connectivity index is 1.91. The third kappa shape index (κ3) is 4.09. The molecule has 0 radical (unpaired) electrons. The smallest absolute Gasteiger partial charge is 0.265 e. The van der Waals surface area contributed by atoms with E-state index in [0.29, 0.717) is 11.4 Å². The number of aromatic nitrogens is 2. The first-order valence-corrected chi connectivity index (χ1v) is 10.2. The normalized spacial score (nSPS) is 11.2. The van der Waals surface area contributed by atoms with E-state index >= 15 is 0 Å². The number of hydrogen-bond acceptors (Lipinski definition) is 5. The van der Waals surface area contributed by atoms with Crippen molar-refractivity contribution in [2.24, 2.45) is 7.05 Å². The lowest BCUT2D eigenvalue weighted by Gasteiger charge is -2.21. The molecule has 0 aliphatic carbocycles. The standard InChI is InChI=1S/C20H22N4O4S/c1-14-5-11-17(12-6-14)29(26,27)24(3)20-18(13-21-23(20)2)19(25)22-15-7-9-16(28-4)10-8-15/h5-13H,1-4H3,(H,22,25). The van der Waals surface area contributed by atoms with Crippen molar-refractivity contribution in [3.63, 3.8) is 0 Å². The molecule has 0 saturated heterocycles. The van der Waals surface area contributed by atoms with Crippen molar-refractivity contribution in [1.82, 2.24) is 9.78 Å². The van der Waals surface area contributed by atoms with Gasteiger partial charge in [0.1, 0.15) is 11.3 Å². The summed E-state index contributed by atoms with van der Waals surface area (Å²) >= 11 is 0. The van der Waals surface area contributed by atoms with Crippen LogP contribution < -0.4 is 14.4 Å². The van der Waals surface area contributed by atoms with Crippen LogP contribution >= 0.6 is 0 Å². The predicted molar refractivity (Wildman–Crippen MR) is 111 cm³/mol. The molecule has 1 amide bonds. The summed E-state index contributed by atoms with van der Waals surface area (Å²) in [6.07, 6.45) is 1.34. The zero-order chi connectivity index (χ0) is 21.2. The van der Waals surface area contributed by atoms with Crippen LogP contribution in [0.2, 0.25) is 0 Å². The van der Waals surface area contributed by atoms with E-state index in [-0.39, 0.29) is 16.3 Å². The number of ether oxygens (including phenoxy) is 1. The molecule has 0 aliphatic rings. The lowest BCUT2D eigenvalue weighted by molar-refractivity contribution is 0.102. The maximum absolute atomic E-state index is 13.0. The number of hydrogen-bond donors (Lipinski definition) is 1. The van der Waals surface area contributed by atoms with Crippen LogP contribution in [0.4, 0.5) is 11.5 Å². The second kappa shape index (κ2) is 7.96. The zero-order valence-electron chi connectivity index (χ0n) is 16.6. The maximum atomic E-state index is 13.0. The highest BCUT2D eigenvalue weighted by atomic mass is 32.2. The first-order valence-electron chi connectivity index (χ1n) is 8.77. The minimum atomic E-state index is -3.86. The number of carbonyl (C=O) groups excluding carboxylic acids is 1. The van der Waals surface area contributed by atoms with Gasteiger partial charge in [-0.1, -0.05) is 17.7 Å². The third-order valence-electron chi connectivity index (χ3n) is 4.48. The van der Waals surface area contributed by atoms with Crippen LogP contribution in [0.25, 0.3) is 0 Å². The number of nitrogens with one attached hydrogen (secondary N) is 1. The number of anilines is 2. The molecule has 1 N–H and O–H groups in total. The molecule has 0 fully saturated rings. The number of sulfonamides is 1. The van der Waals surface area contributed by atoms with Crippen molar-refractivity contribution >= 4 is 27.4 Å². The Morgan fingerprint density at radius 3 is 2.31 bits per heavy atom. The highest BCUT2D eigenvalue weighted by Gasteiger charge is 2.28. The second-order valence-electron chi connectivity index (χ2n) is 6.47. The van der Waals surface area contributed by atoms with E-state index < -0.39 is 15.9 Å². The number of nitrogens with zero attached hydrogens (tertiary/aromatic N) is 3. The van der Waals surface area contributed by atoms with Crippen LogP contribution in [0.3, 0.4) is 0 Å². The Kier molecular flexibility index (Phi) is 5.60. The summed E-state index contributed by atoms with van der Waals surface area (Å²) in [4.78, 5) is 12.9. The quantitative estimate of drug-likeness (QED) is 0.669. The fourth-order valence-corrected chi connectivity index (χ4v) is 4.06. The van der Waals surface area contributed by atoms with Crippen molar-refractivity contribution in [3.05, 3.63) is 65.9 Å². The van der Waals surface area contributed by atoms with Crippen molar-refractivity contribution in [1.29, 1.82) is 0 Å². The molecule has 0 bridgehead atoms. The minimum absolute atomic E-state index is 0.133. The molecule has 0 aliphatic heterocycles. The number of benzene rings is 2. The highest BCUT2D eigenvalue weighted by Crippen LogP contribution is 2.26. The van der Waals surface area contributed by atoms with E-state index in [2.05, 4.69) is 10.4 Å². The summed E-state index contributed by atoms with van der Waals surface area (Å²) in [6.45, 7) is 1.88. The van der Waals surface area contributed by atoms with Gasteiger partial charge in [0.2, 0.25) is 0 Å². The van der Waals surface area contributed by atoms with Crippen molar-refractivity contribution in [3.8, 4) is 5.75 Å². The average Bonchev–Trinajstić information content (AvgIpc) is 3.09. The van der Waals surface area contributed by atoms with E-state index in [1.807, 2.05) is 6.92 Å². The topological polar surface area (TPSA) is 93.5 Å². The minimum Gasteiger partial charge on any atom is -0.497 e. The van der Waals surface area contributed by atoms with Gasteiger partial charge in [-0.3, -0.25) is 13.8 Å². The predicted octanol–water partition coefficient (Wildman–Crippen LogP) is 2.81. The van der Waals surface area contributed by atoms with Gasteiger partial charge in [-0.25, -0.2) is 8.42 Å². The third-order valence-corrected chi connectivity index (χ3v) is 6.24. The Morgan fingerprint density at radius 1 is 1.10 bits per heavy atom. The molecule has 3 aromatic rings. The zero-order valence-corrected chi connectivity index (χ0v) is 17.4. The number of carbonyl (C=O) groups is 1. The summed E-state index contributed by atoms with van der Waals surface area (Å²) < 4.78 is 33.6. The van der Waals surface area contributed by atoms with Gasteiger partial charge in [0.25, 0.3) is 15.9 Å². The summed E-state index contributed by atoms with van der Waals surface area (Å²) in [6, 6.07) is 13.3. The molecule has 1 aromatic heterocycles. The molecular formula is C20H22N4O4S. The Bertz CT molecular complexity index is 1120. The summed E-state index contributed by atoms with van der Waals surface area (Å²) in [7, 11) is 0.675. The van der Waals surface area contributed by atoms with Gasteiger partial charge in [-0.2, -0.15) is 5.10 Å². The Hall–Kier alpha value is -3.33. The maximum Gasteiger partial charge on any atom is 0.265 e. The van der Waals surface area contributed by atoms with Crippen LogP contribution in [0.15, 0.2) is 59.6 Å². The Morgan fingerprint density at radius 2 is 1.72 bits per heavy atom. The molecule has 0 spiro atoms. The van der Waals surface area contributed by atoms with Gasteiger partial charge in [-0.15, -0.1) is 0 Å². The first-order chi connectivity index (χ1) is 13.7. The van der Waals surface area contributed by atoms with E-state index in [4.69, 9.17) is 4.74 Å². The van der Waals surface area contributed by atoms with E-state index in [9.17, 15) is 13.2 Å². The van der Waals surface area contributed by atoms with Gasteiger partial charge in [-0.05, 0) is 43.3 Å². The van der Waals surface area contributed by atoms with Crippen molar-refractivity contribution in [2.45, 2.75) is 11.8 Å². The summed E-state index contributed by atoms with van der Waals surface area (Å²) in [5.74, 6) is 0.356. The monoisotopic (exact) mass is 414 g/mol. The second-order valence-corrected chi connectivity index (χ2v) is 8.44. The van der Waals surface area contributed by atoms with E-state index in [0.717, 1.165) is 9.87 Å². The summed E-state index contributed by atoms with van der Waals surface area (Å²) in [5, 5.41) is 6.83. The Labute approximate surface area is 169 Å². The molecule has 0 atom stereocenters. The molecule has 9 heteroatoms. The summed E-state index contributed by atoms with van der Waals surface area (Å²) in [5.41, 5.74) is 1.64. The van der Waals surface area contributed by atoms with Crippen molar-refractivity contribution < 1.29 is 17.9 Å². The van der Waals surface area contributed by atoms with Gasteiger partial charge in [0, 0.05) is 19.8 Å². The van der Waals surface area contributed by atoms with Crippen LogP contribution in [0, 0.1) is 6.92 Å². The lowest BCUT2D eigenvalue weighted by Crippen LogP contribution is -2.30. The SMILES string of the molecule is COc1ccc(NC(=O)c2cnn(C)c2N(C)S(=O)(=O)c2ccc(C)cc2)cc1. The molecule has 152 valence electrons. The number of methoxy groups -OCH3 is 1. The lowest BCUT2D eigenvalue weighted by atomic mass is 10.2. The number of rotatable bonds is 6. The molecule has 0 unspecified atom stereocenters. The van der Waals surface area contributed by atoms with Crippen LogP contribution in [-0.2, 0) is 17.1 Å². The average molecular weight is 414 g/mol. The van der Waals surface area contributed by atoms with E-state index in [1.165, 1.54) is 30.1 Å². The highest BCUT2D eigenvalue weighted by molar-refractivity contribution is 7.92. The van der Waals surface area contributed by atoms with Crippen LogP contribution in [0.1, 0.15) is 15.9 Å². The van der Waals surface area contributed by atoms with Gasteiger partial charge in [0.15, 0.2) is 5.82 Å². The molecule has 3 rings (SSSR count). The van der Waals surface area contributed by atoms with Gasteiger partial charge < -0.3 is 10.1 Å². The fraction of sp³-hybridized carbons (Fsp3) is 0.200. The van der Waals surface area contributed by atoms with Crippen LogP contribution in [0.5, 0.6) is 5.75 Å².